The quantitative estimate of drug-likeness (QED) is 0.671. The van der Waals surface area contributed by atoms with E-state index in [2.05, 4.69) is 11.4 Å². The number of amides is 1. The minimum absolute atomic E-state index is 0.0246. The molecule has 128 valence electrons. The molecule has 1 saturated heterocycles. The van der Waals surface area contributed by atoms with Gasteiger partial charge in [-0.15, -0.1) is 0 Å². The van der Waals surface area contributed by atoms with Gasteiger partial charge >= 0.3 is 5.63 Å². The van der Waals surface area contributed by atoms with Crippen LogP contribution in [0.25, 0.3) is 11.0 Å². The molecule has 1 amide bonds. The van der Waals surface area contributed by atoms with Gasteiger partial charge in [-0.25, -0.2) is 4.79 Å². The molecule has 1 atom stereocenters. The van der Waals surface area contributed by atoms with Crippen LogP contribution in [0, 0.1) is 0 Å². The molecule has 3 aromatic rings. The van der Waals surface area contributed by atoms with E-state index < -0.39 is 5.63 Å². The van der Waals surface area contributed by atoms with E-state index in [9.17, 15) is 9.59 Å². The molecule has 1 aliphatic heterocycles. The van der Waals surface area contributed by atoms with Crippen molar-refractivity contribution in [3.05, 3.63) is 63.1 Å². The number of likely N-dealkylation sites (tertiary alicyclic amines) is 1. The third kappa shape index (κ3) is 3.30. The number of rotatable bonds is 4. The van der Waals surface area contributed by atoms with Crippen molar-refractivity contribution in [2.75, 3.05) is 13.2 Å². The Kier molecular flexibility index (Phi) is 4.28. The van der Waals surface area contributed by atoms with Gasteiger partial charge in [0.1, 0.15) is 11.3 Å². The van der Waals surface area contributed by atoms with Crippen LogP contribution >= 0.6 is 11.3 Å². The fourth-order valence-corrected chi connectivity index (χ4v) is 3.94. The van der Waals surface area contributed by atoms with E-state index in [1.165, 1.54) is 11.6 Å². The van der Waals surface area contributed by atoms with Gasteiger partial charge in [0.05, 0.1) is 6.04 Å². The maximum Gasteiger partial charge on any atom is 0.336 e. The fourth-order valence-electron chi connectivity index (χ4n) is 3.24. The monoisotopic (exact) mass is 355 g/mol. The summed E-state index contributed by atoms with van der Waals surface area (Å²) in [5.41, 5.74) is 1.24. The molecule has 0 radical (unpaired) electrons. The first-order valence-corrected chi connectivity index (χ1v) is 9.13. The predicted octanol–water partition coefficient (Wildman–Crippen LogP) is 3.60. The number of hydrogen-bond donors (Lipinski definition) is 0. The van der Waals surface area contributed by atoms with Crippen LogP contribution in [0.1, 0.15) is 24.4 Å². The van der Waals surface area contributed by atoms with Crippen LogP contribution in [0.3, 0.4) is 0 Å². The molecule has 25 heavy (non-hydrogen) atoms. The topological polar surface area (TPSA) is 59.8 Å². The van der Waals surface area contributed by atoms with Crippen molar-refractivity contribution >= 4 is 28.2 Å². The van der Waals surface area contributed by atoms with Gasteiger partial charge in [-0.05, 0) is 53.4 Å². The molecule has 0 saturated carbocycles. The number of ether oxygens (including phenoxy) is 1. The number of thiophene rings is 1. The first-order chi connectivity index (χ1) is 12.2. The lowest BCUT2D eigenvalue weighted by molar-refractivity contribution is -0.134. The zero-order valence-corrected chi connectivity index (χ0v) is 14.3. The molecule has 1 unspecified atom stereocenters. The number of nitrogens with zero attached hydrogens (tertiary/aromatic N) is 1. The molecule has 5 nitrogen and oxygen atoms in total. The minimum atomic E-state index is -0.406. The molecule has 0 N–H and O–H groups in total. The summed E-state index contributed by atoms with van der Waals surface area (Å²) in [6, 6.07) is 10.5. The second-order valence-electron chi connectivity index (χ2n) is 6.04. The zero-order chi connectivity index (χ0) is 17.2. The van der Waals surface area contributed by atoms with E-state index >= 15 is 0 Å². The SMILES string of the molecule is O=C(COc1ccc2ccc(=O)oc2c1)N1CCCC1c1ccsc1. The molecule has 1 aromatic carbocycles. The smallest absolute Gasteiger partial charge is 0.336 e. The highest BCUT2D eigenvalue weighted by Crippen LogP contribution is 2.33. The van der Waals surface area contributed by atoms with Crippen molar-refractivity contribution < 1.29 is 13.9 Å². The van der Waals surface area contributed by atoms with E-state index in [0.29, 0.717) is 11.3 Å². The minimum Gasteiger partial charge on any atom is -0.484 e. The van der Waals surface area contributed by atoms with E-state index in [4.69, 9.17) is 9.15 Å². The number of benzene rings is 1. The summed E-state index contributed by atoms with van der Waals surface area (Å²) in [5, 5.41) is 4.95. The zero-order valence-electron chi connectivity index (χ0n) is 13.5. The second kappa shape index (κ2) is 6.72. The van der Waals surface area contributed by atoms with Crippen LogP contribution in [0.15, 0.2) is 56.4 Å². The number of carbonyl (C=O) groups excluding carboxylic acids is 1. The summed E-state index contributed by atoms with van der Waals surface area (Å²) in [5.74, 6) is 0.491. The Balaban J connectivity index is 1.45. The van der Waals surface area contributed by atoms with Gasteiger partial charge in [0.2, 0.25) is 0 Å². The summed E-state index contributed by atoms with van der Waals surface area (Å²) in [4.78, 5) is 25.8. The lowest BCUT2D eigenvalue weighted by atomic mass is 10.1. The first-order valence-electron chi connectivity index (χ1n) is 8.19. The van der Waals surface area contributed by atoms with Crippen LogP contribution < -0.4 is 10.4 Å². The van der Waals surface area contributed by atoms with Gasteiger partial charge in [0, 0.05) is 24.1 Å². The van der Waals surface area contributed by atoms with E-state index in [1.807, 2.05) is 16.3 Å². The van der Waals surface area contributed by atoms with Crippen molar-refractivity contribution in [1.82, 2.24) is 4.90 Å². The lowest BCUT2D eigenvalue weighted by Crippen LogP contribution is -2.34. The van der Waals surface area contributed by atoms with Crippen LogP contribution in [-0.4, -0.2) is 24.0 Å². The highest BCUT2D eigenvalue weighted by molar-refractivity contribution is 7.08. The standard InChI is InChI=1S/C19H17NO4S/c21-18(20-8-1-2-16(20)14-7-9-25-12-14)11-23-15-5-3-13-4-6-19(22)24-17(13)10-15/h3-7,9-10,12,16H,1-2,8,11H2. The van der Waals surface area contributed by atoms with Gasteiger partial charge in [0.15, 0.2) is 6.61 Å². The molecule has 2 aromatic heterocycles. The first kappa shape index (κ1) is 15.9. The maximum atomic E-state index is 12.6. The molecule has 0 bridgehead atoms. The molecule has 0 spiro atoms. The normalized spacial score (nSPS) is 17.1. The Labute approximate surface area is 148 Å². The van der Waals surface area contributed by atoms with Gasteiger partial charge in [-0.2, -0.15) is 11.3 Å². The Bertz CT molecular complexity index is 947. The average molecular weight is 355 g/mol. The van der Waals surface area contributed by atoms with Gasteiger partial charge in [0.25, 0.3) is 5.91 Å². The molecule has 3 heterocycles. The molecular weight excluding hydrogens is 338 g/mol. The molecular formula is C19H17NO4S. The summed E-state index contributed by atoms with van der Waals surface area (Å²) >= 11 is 1.65. The van der Waals surface area contributed by atoms with E-state index in [1.54, 1.807) is 29.5 Å². The second-order valence-corrected chi connectivity index (χ2v) is 6.82. The molecule has 4 rings (SSSR count). The Hall–Kier alpha value is -2.60. The Morgan fingerprint density at radius 2 is 2.16 bits per heavy atom. The summed E-state index contributed by atoms with van der Waals surface area (Å²) in [6.45, 7) is 0.735. The molecule has 1 fully saturated rings. The third-order valence-electron chi connectivity index (χ3n) is 4.46. The fraction of sp³-hybridized carbons (Fsp3) is 0.263. The van der Waals surface area contributed by atoms with Crippen molar-refractivity contribution in [1.29, 1.82) is 0 Å². The highest BCUT2D eigenvalue weighted by atomic mass is 32.1. The van der Waals surface area contributed by atoms with Crippen molar-refractivity contribution in [3.8, 4) is 5.75 Å². The van der Waals surface area contributed by atoms with Crippen molar-refractivity contribution in [2.45, 2.75) is 18.9 Å². The summed E-state index contributed by atoms with van der Waals surface area (Å²) in [6.07, 6.45) is 2.00. The number of carbonyl (C=O) groups is 1. The number of hydrogen-bond acceptors (Lipinski definition) is 5. The van der Waals surface area contributed by atoms with Crippen molar-refractivity contribution in [2.24, 2.45) is 0 Å². The molecule has 6 heteroatoms. The predicted molar refractivity (Wildman–Crippen MR) is 96.0 cm³/mol. The van der Waals surface area contributed by atoms with Gasteiger partial charge in [-0.1, -0.05) is 0 Å². The molecule has 1 aliphatic rings. The van der Waals surface area contributed by atoms with Crippen LogP contribution in [0.4, 0.5) is 0 Å². The Morgan fingerprint density at radius 3 is 3.00 bits per heavy atom. The van der Waals surface area contributed by atoms with Crippen molar-refractivity contribution in [3.63, 3.8) is 0 Å². The lowest BCUT2D eigenvalue weighted by Gasteiger charge is -2.24. The van der Waals surface area contributed by atoms with Gasteiger partial charge < -0.3 is 14.1 Å². The Morgan fingerprint density at radius 1 is 1.28 bits per heavy atom. The van der Waals surface area contributed by atoms with E-state index in [0.717, 1.165) is 24.8 Å². The third-order valence-corrected chi connectivity index (χ3v) is 5.16. The van der Waals surface area contributed by atoms with Gasteiger partial charge in [-0.3, -0.25) is 4.79 Å². The summed E-state index contributed by atoms with van der Waals surface area (Å²) < 4.78 is 10.8. The van der Waals surface area contributed by atoms with Crippen LogP contribution in [0.2, 0.25) is 0 Å². The van der Waals surface area contributed by atoms with E-state index in [-0.39, 0.29) is 18.6 Å². The number of fused-ring (bicyclic) bond motifs is 1. The highest BCUT2D eigenvalue weighted by Gasteiger charge is 2.30. The van der Waals surface area contributed by atoms with Crippen LogP contribution in [0.5, 0.6) is 5.75 Å². The molecule has 0 aliphatic carbocycles. The largest absolute Gasteiger partial charge is 0.484 e. The summed E-state index contributed by atoms with van der Waals surface area (Å²) in [7, 11) is 0. The maximum absolute atomic E-state index is 12.6. The van der Waals surface area contributed by atoms with Crippen LogP contribution in [-0.2, 0) is 4.79 Å². The average Bonchev–Trinajstić information content (AvgIpc) is 3.30.